The zero-order chi connectivity index (χ0) is 15.0. The van der Waals surface area contributed by atoms with E-state index in [1.807, 2.05) is 22.7 Å². The molecule has 0 aromatic carbocycles. The fourth-order valence-corrected chi connectivity index (χ4v) is 4.87. The van der Waals surface area contributed by atoms with Gasteiger partial charge in [0.25, 0.3) is 0 Å². The number of rotatable bonds is 4. The number of ether oxygens (including phenoxy) is 2. The molecule has 2 aromatic rings. The molecule has 2 aromatic heterocycles. The summed E-state index contributed by atoms with van der Waals surface area (Å²) in [5.74, 6) is 3.06. The largest absolute Gasteiger partial charge is 0.485 e. The fourth-order valence-electron chi connectivity index (χ4n) is 2.43. The van der Waals surface area contributed by atoms with E-state index in [0.717, 1.165) is 17.9 Å². The molecule has 1 atom stereocenters. The summed E-state index contributed by atoms with van der Waals surface area (Å²) >= 11 is 3.72. The highest BCUT2D eigenvalue weighted by atomic mass is 32.1. The molecule has 1 unspecified atom stereocenters. The summed E-state index contributed by atoms with van der Waals surface area (Å²) < 4.78 is 11.9. The average molecular weight is 322 g/mol. The molecule has 0 N–H and O–H groups in total. The van der Waals surface area contributed by atoms with Crippen molar-refractivity contribution in [3.05, 3.63) is 21.9 Å². The molecule has 0 saturated carbocycles. The molecule has 0 spiro atoms. The van der Waals surface area contributed by atoms with E-state index in [-0.39, 0.29) is 0 Å². The molecule has 114 valence electrons. The molecule has 4 heteroatoms. The first-order valence-corrected chi connectivity index (χ1v) is 9.27. The van der Waals surface area contributed by atoms with Gasteiger partial charge >= 0.3 is 0 Å². The van der Waals surface area contributed by atoms with E-state index in [0.29, 0.717) is 25.0 Å². The Morgan fingerprint density at radius 2 is 1.76 bits per heavy atom. The molecular formula is C17H22O2S2. The van der Waals surface area contributed by atoms with Crippen LogP contribution in [0, 0.1) is 0 Å². The van der Waals surface area contributed by atoms with Gasteiger partial charge in [0.05, 0.1) is 9.75 Å². The lowest BCUT2D eigenvalue weighted by atomic mass is 10.1. The first-order chi connectivity index (χ1) is 10.1. The molecule has 2 nitrogen and oxygen atoms in total. The molecule has 0 amide bonds. The van der Waals surface area contributed by atoms with Crippen LogP contribution in [0.15, 0.2) is 12.1 Å². The van der Waals surface area contributed by atoms with Crippen molar-refractivity contribution in [2.24, 2.45) is 0 Å². The Labute approximate surface area is 134 Å². The van der Waals surface area contributed by atoms with Crippen LogP contribution >= 0.6 is 22.7 Å². The van der Waals surface area contributed by atoms with Gasteiger partial charge in [0, 0.05) is 9.75 Å². The highest BCUT2D eigenvalue weighted by molar-refractivity contribution is 7.22. The average Bonchev–Trinajstić information content (AvgIpc) is 3.11. The standard InChI is InChI=1S/C17H22O2S2/c1-5-11(4)16-14-15(19-9-8-18-14)17(21-16)13-7-6-12(20-13)10(2)3/h6-7,10-11H,5,8-9H2,1-4H3. The molecule has 0 fully saturated rings. The monoisotopic (exact) mass is 322 g/mol. The maximum Gasteiger partial charge on any atom is 0.181 e. The van der Waals surface area contributed by atoms with Gasteiger partial charge in [-0.25, -0.2) is 0 Å². The van der Waals surface area contributed by atoms with Crippen LogP contribution in [0.4, 0.5) is 0 Å². The lowest BCUT2D eigenvalue weighted by Crippen LogP contribution is -2.15. The molecule has 0 saturated heterocycles. The fraction of sp³-hybridized carbons (Fsp3) is 0.529. The Morgan fingerprint density at radius 3 is 2.38 bits per heavy atom. The third-order valence-corrected chi connectivity index (χ3v) is 6.85. The van der Waals surface area contributed by atoms with E-state index in [1.54, 1.807) is 0 Å². The normalized spacial score (nSPS) is 15.5. The Morgan fingerprint density at radius 1 is 1.05 bits per heavy atom. The topological polar surface area (TPSA) is 18.5 Å². The van der Waals surface area contributed by atoms with Gasteiger partial charge in [-0.1, -0.05) is 27.7 Å². The molecule has 0 aliphatic carbocycles. The predicted molar refractivity (Wildman–Crippen MR) is 91.4 cm³/mol. The van der Waals surface area contributed by atoms with Crippen molar-refractivity contribution >= 4 is 22.7 Å². The second-order valence-electron chi connectivity index (χ2n) is 5.82. The lowest BCUT2D eigenvalue weighted by molar-refractivity contribution is 0.172. The van der Waals surface area contributed by atoms with E-state index in [2.05, 4.69) is 39.8 Å². The van der Waals surface area contributed by atoms with Gasteiger partial charge < -0.3 is 9.47 Å². The van der Waals surface area contributed by atoms with Crippen molar-refractivity contribution in [2.45, 2.75) is 46.0 Å². The quantitative estimate of drug-likeness (QED) is 0.699. The predicted octanol–water partition coefficient (Wildman–Crippen LogP) is 5.88. The minimum atomic E-state index is 0.517. The van der Waals surface area contributed by atoms with Crippen LogP contribution in [0.5, 0.6) is 11.5 Å². The van der Waals surface area contributed by atoms with Crippen molar-refractivity contribution in [3.63, 3.8) is 0 Å². The van der Waals surface area contributed by atoms with Crippen molar-refractivity contribution in [1.29, 1.82) is 0 Å². The zero-order valence-electron chi connectivity index (χ0n) is 13.1. The summed E-state index contributed by atoms with van der Waals surface area (Å²) in [6.07, 6.45) is 1.12. The van der Waals surface area contributed by atoms with Gasteiger partial charge in [-0.15, -0.1) is 22.7 Å². The number of thiophene rings is 2. The van der Waals surface area contributed by atoms with Crippen LogP contribution in [0.25, 0.3) is 9.75 Å². The number of fused-ring (bicyclic) bond motifs is 1. The lowest BCUT2D eigenvalue weighted by Gasteiger charge is -2.18. The molecule has 1 aliphatic heterocycles. The molecule has 0 radical (unpaired) electrons. The van der Waals surface area contributed by atoms with Gasteiger partial charge in [0.15, 0.2) is 11.5 Å². The van der Waals surface area contributed by atoms with Crippen LogP contribution in [0.1, 0.15) is 55.7 Å². The summed E-state index contributed by atoms with van der Waals surface area (Å²) in [4.78, 5) is 5.31. The minimum Gasteiger partial charge on any atom is -0.485 e. The zero-order valence-corrected chi connectivity index (χ0v) is 14.7. The Hall–Kier alpha value is -1.00. The highest BCUT2D eigenvalue weighted by Crippen LogP contribution is 2.53. The van der Waals surface area contributed by atoms with Gasteiger partial charge in [-0.2, -0.15) is 0 Å². The van der Waals surface area contributed by atoms with Crippen LogP contribution in [-0.4, -0.2) is 13.2 Å². The summed E-state index contributed by atoms with van der Waals surface area (Å²) in [5.41, 5.74) is 0. The smallest absolute Gasteiger partial charge is 0.181 e. The van der Waals surface area contributed by atoms with E-state index in [4.69, 9.17) is 9.47 Å². The SMILES string of the molecule is CCC(C)c1sc(-c2ccc(C(C)C)s2)c2c1OCCO2. The summed E-state index contributed by atoms with van der Waals surface area (Å²) in [5, 5.41) is 0. The van der Waals surface area contributed by atoms with Crippen molar-refractivity contribution in [2.75, 3.05) is 13.2 Å². The Bertz CT molecular complexity index is 625. The highest BCUT2D eigenvalue weighted by Gasteiger charge is 2.28. The van der Waals surface area contributed by atoms with E-state index in [9.17, 15) is 0 Å². The first kappa shape index (κ1) is 14.9. The Balaban J connectivity index is 2.07. The van der Waals surface area contributed by atoms with Gasteiger partial charge in [0.2, 0.25) is 0 Å². The number of hydrogen-bond acceptors (Lipinski definition) is 4. The molecule has 3 rings (SSSR count). The second-order valence-corrected chi connectivity index (χ2v) is 7.98. The summed E-state index contributed by atoms with van der Waals surface area (Å²) in [6.45, 7) is 10.3. The molecule has 1 aliphatic rings. The number of hydrogen-bond donors (Lipinski definition) is 0. The van der Waals surface area contributed by atoms with E-state index < -0.39 is 0 Å². The van der Waals surface area contributed by atoms with E-state index >= 15 is 0 Å². The third kappa shape index (κ3) is 2.71. The first-order valence-electron chi connectivity index (χ1n) is 7.64. The molecule has 3 heterocycles. The van der Waals surface area contributed by atoms with Gasteiger partial charge in [-0.05, 0) is 30.4 Å². The van der Waals surface area contributed by atoms with Crippen molar-refractivity contribution < 1.29 is 9.47 Å². The van der Waals surface area contributed by atoms with Crippen LogP contribution in [0.3, 0.4) is 0 Å². The third-order valence-electron chi connectivity index (χ3n) is 3.90. The second kappa shape index (κ2) is 6.01. The Kier molecular flexibility index (Phi) is 4.27. The molecule has 21 heavy (non-hydrogen) atoms. The maximum absolute atomic E-state index is 5.95. The molecular weight excluding hydrogens is 300 g/mol. The van der Waals surface area contributed by atoms with Crippen LogP contribution in [-0.2, 0) is 0 Å². The van der Waals surface area contributed by atoms with Crippen molar-refractivity contribution in [3.8, 4) is 21.3 Å². The maximum atomic E-state index is 5.95. The van der Waals surface area contributed by atoms with Gasteiger partial charge in [-0.3, -0.25) is 0 Å². The summed E-state index contributed by atoms with van der Waals surface area (Å²) in [6, 6.07) is 4.47. The molecule has 0 bridgehead atoms. The van der Waals surface area contributed by atoms with Crippen LogP contribution in [0.2, 0.25) is 0 Å². The van der Waals surface area contributed by atoms with Gasteiger partial charge in [0.1, 0.15) is 13.2 Å². The minimum absolute atomic E-state index is 0.517. The summed E-state index contributed by atoms with van der Waals surface area (Å²) in [7, 11) is 0. The van der Waals surface area contributed by atoms with E-state index in [1.165, 1.54) is 19.5 Å². The van der Waals surface area contributed by atoms with Crippen LogP contribution < -0.4 is 9.47 Å². The van der Waals surface area contributed by atoms with Crippen molar-refractivity contribution in [1.82, 2.24) is 0 Å².